The average molecular weight is 301 g/mol. The number of aryl methyl sites for hydroxylation is 1. The molecule has 1 heterocycles. The summed E-state index contributed by atoms with van der Waals surface area (Å²) in [7, 11) is 1.47. The van der Waals surface area contributed by atoms with Crippen molar-refractivity contribution in [1.29, 1.82) is 0 Å². The third kappa shape index (κ3) is 4.31. The number of allylic oxidation sites excluding steroid dienone is 1. The van der Waals surface area contributed by atoms with Gasteiger partial charge >= 0.3 is 0 Å². The van der Waals surface area contributed by atoms with Crippen LogP contribution in [0.1, 0.15) is 5.56 Å². The zero-order valence-corrected chi connectivity index (χ0v) is 12.3. The number of hydrogen-bond donors (Lipinski definition) is 1. The molecule has 6 heteroatoms. The van der Waals surface area contributed by atoms with Gasteiger partial charge in [0, 0.05) is 30.6 Å². The van der Waals surface area contributed by atoms with Crippen molar-refractivity contribution in [3.05, 3.63) is 59.9 Å². The monoisotopic (exact) mass is 301 g/mol. The van der Waals surface area contributed by atoms with Gasteiger partial charge in [0.25, 0.3) is 0 Å². The smallest absolute Gasteiger partial charge is 0.185 e. The molecule has 2 aromatic rings. The van der Waals surface area contributed by atoms with Gasteiger partial charge in [-0.15, -0.1) is 0 Å². The summed E-state index contributed by atoms with van der Waals surface area (Å²) in [4.78, 5) is 8.17. The van der Waals surface area contributed by atoms with Gasteiger partial charge in [-0.2, -0.15) is 0 Å². The molecule has 0 radical (unpaired) electrons. The summed E-state index contributed by atoms with van der Waals surface area (Å²) < 4.78 is 23.9. The van der Waals surface area contributed by atoms with Crippen molar-refractivity contribution >= 4 is 12.0 Å². The molecule has 22 heavy (non-hydrogen) atoms. The van der Waals surface area contributed by atoms with E-state index in [0.29, 0.717) is 22.9 Å². The number of nitrogens with zero attached hydrogens (tertiary/aromatic N) is 2. The highest BCUT2D eigenvalue weighted by Crippen LogP contribution is 2.25. The molecule has 5 nitrogen and oxygen atoms in total. The van der Waals surface area contributed by atoms with Crippen molar-refractivity contribution in [1.82, 2.24) is 4.98 Å². The SMILES string of the molecule is CO/C(N)=C/C=Nc1cc(Oc2ccc(C)c(F)c2)ccn1. The second-order valence-corrected chi connectivity index (χ2v) is 4.41. The van der Waals surface area contributed by atoms with Gasteiger partial charge in [-0.1, -0.05) is 6.07 Å². The van der Waals surface area contributed by atoms with Gasteiger partial charge < -0.3 is 15.2 Å². The number of methoxy groups -OCH3 is 1. The Labute approximate surface area is 127 Å². The molecular weight excluding hydrogens is 285 g/mol. The topological polar surface area (TPSA) is 69.7 Å². The van der Waals surface area contributed by atoms with E-state index in [0.717, 1.165) is 0 Å². The molecule has 2 N–H and O–H groups in total. The number of aromatic nitrogens is 1. The van der Waals surface area contributed by atoms with E-state index >= 15 is 0 Å². The number of ether oxygens (including phenoxy) is 2. The molecule has 114 valence electrons. The Morgan fingerprint density at radius 1 is 1.27 bits per heavy atom. The summed E-state index contributed by atoms with van der Waals surface area (Å²) in [5.41, 5.74) is 6.03. The first kappa shape index (κ1) is 15.5. The molecule has 0 aliphatic rings. The van der Waals surface area contributed by atoms with Crippen LogP contribution in [0.25, 0.3) is 0 Å². The van der Waals surface area contributed by atoms with E-state index in [1.54, 1.807) is 37.4 Å². The number of benzene rings is 1. The summed E-state index contributed by atoms with van der Waals surface area (Å²) in [5.74, 6) is 1.28. The fourth-order valence-corrected chi connectivity index (χ4v) is 1.56. The lowest BCUT2D eigenvalue weighted by molar-refractivity contribution is 0.288. The first-order valence-corrected chi connectivity index (χ1v) is 6.52. The lowest BCUT2D eigenvalue weighted by Gasteiger charge is -2.06. The summed E-state index contributed by atoms with van der Waals surface area (Å²) in [6.07, 6.45) is 4.52. The molecular formula is C16H16FN3O2. The van der Waals surface area contributed by atoms with E-state index in [9.17, 15) is 4.39 Å². The highest BCUT2D eigenvalue weighted by atomic mass is 19.1. The number of pyridine rings is 1. The van der Waals surface area contributed by atoms with Crippen LogP contribution in [0.15, 0.2) is 53.5 Å². The summed E-state index contributed by atoms with van der Waals surface area (Å²) in [6, 6.07) is 7.98. The zero-order chi connectivity index (χ0) is 15.9. The van der Waals surface area contributed by atoms with Crippen LogP contribution >= 0.6 is 0 Å². The van der Waals surface area contributed by atoms with Crippen LogP contribution in [-0.2, 0) is 4.74 Å². The Morgan fingerprint density at radius 2 is 2.05 bits per heavy atom. The zero-order valence-electron chi connectivity index (χ0n) is 12.3. The molecule has 0 unspecified atom stereocenters. The third-order valence-corrected chi connectivity index (χ3v) is 2.78. The number of hydrogen-bond acceptors (Lipinski definition) is 5. The maximum absolute atomic E-state index is 13.5. The van der Waals surface area contributed by atoms with Crippen LogP contribution in [0.4, 0.5) is 10.2 Å². The van der Waals surface area contributed by atoms with Crippen LogP contribution in [0.3, 0.4) is 0 Å². The Kier molecular flexibility index (Phi) is 5.08. The molecule has 0 saturated carbocycles. The number of rotatable bonds is 5. The van der Waals surface area contributed by atoms with Gasteiger partial charge in [0.2, 0.25) is 0 Å². The van der Waals surface area contributed by atoms with E-state index in [1.165, 1.54) is 25.5 Å². The molecule has 0 aliphatic carbocycles. The van der Waals surface area contributed by atoms with E-state index < -0.39 is 0 Å². The van der Waals surface area contributed by atoms with Crippen molar-refractivity contribution in [3.8, 4) is 11.5 Å². The Bertz CT molecular complexity index is 714. The second-order valence-electron chi connectivity index (χ2n) is 4.41. The minimum atomic E-state index is -0.315. The minimum Gasteiger partial charge on any atom is -0.483 e. The summed E-state index contributed by atoms with van der Waals surface area (Å²) >= 11 is 0. The van der Waals surface area contributed by atoms with Crippen LogP contribution in [0.5, 0.6) is 11.5 Å². The Balaban J connectivity index is 2.12. The number of aliphatic imine (C=N–C) groups is 1. The second kappa shape index (κ2) is 7.21. The molecule has 0 atom stereocenters. The summed E-state index contributed by atoms with van der Waals surface area (Å²) in [5, 5.41) is 0. The molecule has 1 aromatic carbocycles. The molecule has 0 bridgehead atoms. The minimum absolute atomic E-state index is 0.242. The van der Waals surface area contributed by atoms with Crippen molar-refractivity contribution in [2.75, 3.05) is 7.11 Å². The maximum Gasteiger partial charge on any atom is 0.185 e. The number of halogens is 1. The Morgan fingerprint density at radius 3 is 2.77 bits per heavy atom. The normalized spacial score (nSPS) is 11.7. The van der Waals surface area contributed by atoms with Crippen molar-refractivity contribution in [2.45, 2.75) is 6.92 Å². The predicted octanol–water partition coefficient (Wildman–Crippen LogP) is 3.47. The van der Waals surface area contributed by atoms with E-state index in [1.807, 2.05) is 0 Å². The quantitative estimate of drug-likeness (QED) is 0.678. The van der Waals surface area contributed by atoms with Gasteiger partial charge in [0.15, 0.2) is 11.7 Å². The molecule has 1 aromatic heterocycles. The highest BCUT2D eigenvalue weighted by molar-refractivity contribution is 5.74. The van der Waals surface area contributed by atoms with Crippen LogP contribution in [0, 0.1) is 12.7 Å². The molecule has 0 saturated heterocycles. The van der Waals surface area contributed by atoms with Crippen LogP contribution < -0.4 is 10.5 Å². The van der Waals surface area contributed by atoms with Gasteiger partial charge in [0.1, 0.15) is 17.3 Å². The fourth-order valence-electron chi connectivity index (χ4n) is 1.56. The van der Waals surface area contributed by atoms with Crippen LogP contribution in [-0.4, -0.2) is 18.3 Å². The lowest BCUT2D eigenvalue weighted by atomic mass is 10.2. The van der Waals surface area contributed by atoms with E-state index in [-0.39, 0.29) is 11.7 Å². The van der Waals surface area contributed by atoms with Crippen LogP contribution in [0.2, 0.25) is 0 Å². The molecule has 0 aliphatic heterocycles. The lowest BCUT2D eigenvalue weighted by Crippen LogP contribution is -1.98. The van der Waals surface area contributed by atoms with E-state index in [4.69, 9.17) is 15.2 Å². The number of nitrogens with two attached hydrogens (primary N) is 1. The first-order chi connectivity index (χ1) is 10.6. The third-order valence-electron chi connectivity index (χ3n) is 2.78. The first-order valence-electron chi connectivity index (χ1n) is 6.52. The molecule has 0 spiro atoms. The maximum atomic E-state index is 13.5. The van der Waals surface area contributed by atoms with Gasteiger partial charge in [-0.25, -0.2) is 14.4 Å². The average Bonchev–Trinajstić information content (AvgIpc) is 2.51. The summed E-state index contributed by atoms with van der Waals surface area (Å²) in [6.45, 7) is 1.69. The van der Waals surface area contributed by atoms with Crippen molar-refractivity contribution in [3.63, 3.8) is 0 Å². The van der Waals surface area contributed by atoms with Gasteiger partial charge in [-0.3, -0.25) is 0 Å². The van der Waals surface area contributed by atoms with Crippen molar-refractivity contribution in [2.24, 2.45) is 10.7 Å². The standard InChI is InChI=1S/C16H16FN3O2/c1-11-3-4-12(9-14(11)17)22-13-5-7-19-16(10-13)20-8-6-15(18)21-2/h3-10H,18H2,1-2H3/b15-6+,20-8?. The highest BCUT2D eigenvalue weighted by Gasteiger charge is 2.03. The fraction of sp³-hybridized carbons (Fsp3) is 0.125. The van der Waals surface area contributed by atoms with Crippen molar-refractivity contribution < 1.29 is 13.9 Å². The van der Waals surface area contributed by atoms with E-state index in [2.05, 4.69) is 9.98 Å². The Hall–Kier alpha value is -2.89. The predicted molar refractivity (Wildman–Crippen MR) is 82.9 cm³/mol. The molecule has 0 fully saturated rings. The molecule has 0 amide bonds. The molecule has 2 rings (SSSR count). The van der Waals surface area contributed by atoms with Gasteiger partial charge in [0.05, 0.1) is 7.11 Å². The van der Waals surface area contributed by atoms with Gasteiger partial charge in [-0.05, 0) is 24.6 Å². The largest absolute Gasteiger partial charge is 0.483 e.